The van der Waals surface area contributed by atoms with Gasteiger partial charge in [-0.1, -0.05) is 52.0 Å². The molecule has 6 heteroatoms. The van der Waals surface area contributed by atoms with Crippen molar-refractivity contribution in [1.29, 1.82) is 0 Å². The van der Waals surface area contributed by atoms with Crippen LogP contribution in [0.4, 0.5) is 4.39 Å². The summed E-state index contributed by atoms with van der Waals surface area (Å²) in [4.78, 5) is 11.9. The van der Waals surface area contributed by atoms with Gasteiger partial charge in [-0.15, -0.1) is 0 Å². The minimum atomic E-state index is -0.730. The molecular formula is C33H39FO5. The van der Waals surface area contributed by atoms with Crippen molar-refractivity contribution in [3.63, 3.8) is 0 Å². The van der Waals surface area contributed by atoms with E-state index in [1.807, 2.05) is 37.3 Å². The lowest BCUT2D eigenvalue weighted by Crippen LogP contribution is -2.23. The van der Waals surface area contributed by atoms with Gasteiger partial charge in [-0.3, -0.25) is 4.79 Å². The van der Waals surface area contributed by atoms with E-state index in [2.05, 4.69) is 26.8 Å². The number of carboxylic acids is 1. The van der Waals surface area contributed by atoms with E-state index >= 15 is 0 Å². The summed E-state index contributed by atoms with van der Waals surface area (Å²) in [6.07, 6.45) is 2.76. The summed E-state index contributed by atoms with van der Waals surface area (Å²) in [5, 5.41) is 9.81. The predicted octanol–water partition coefficient (Wildman–Crippen LogP) is 8.11. The molecule has 1 N–H and O–H groups in total. The number of carboxylic acid groups (broad SMARTS) is 1. The first kappa shape index (κ1) is 28.5. The third kappa shape index (κ3) is 7.31. The highest BCUT2D eigenvalue weighted by molar-refractivity contribution is 5.73. The van der Waals surface area contributed by atoms with Crippen molar-refractivity contribution >= 4 is 5.97 Å². The molecule has 208 valence electrons. The van der Waals surface area contributed by atoms with Gasteiger partial charge >= 0.3 is 5.97 Å². The Bertz CT molecular complexity index is 1290. The number of hydrogen-bond donors (Lipinski definition) is 1. The number of rotatable bonds is 12. The van der Waals surface area contributed by atoms with Crippen molar-refractivity contribution in [3.05, 3.63) is 77.6 Å². The predicted molar refractivity (Wildman–Crippen MR) is 151 cm³/mol. The van der Waals surface area contributed by atoms with Gasteiger partial charge in [0, 0.05) is 17.2 Å². The molecule has 0 amide bonds. The molecule has 2 unspecified atom stereocenters. The molecule has 0 heterocycles. The summed E-state index contributed by atoms with van der Waals surface area (Å²) >= 11 is 0. The second kappa shape index (κ2) is 12.1. The fraction of sp³-hybridized carbons (Fsp3) is 0.424. The molecule has 0 radical (unpaired) electrons. The van der Waals surface area contributed by atoms with Gasteiger partial charge in [-0.2, -0.15) is 0 Å². The number of benzene rings is 3. The summed E-state index contributed by atoms with van der Waals surface area (Å²) in [6.45, 7) is 8.95. The van der Waals surface area contributed by atoms with E-state index in [-0.39, 0.29) is 23.1 Å². The topological polar surface area (TPSA) is 65.0 Å². The van der Waals surface area contributed by atoms with Gasteiger partial charge < -0.3 is 19.3 Å². The van der Waals surface area contributed by atoms with Crippen LogP contribution in [0.1, 0.15) is 64.0 Å². The minimum absolute atomic E-state index is 0.0156. The third-order valence-electron chi connectivity index (χ3n) is 7.14. The van der Waals surface area contributed by atoms with E-state index in [9.17, 15) is 14.3 Å². The van der Waals surface area contributed by atoms with Crippen LogP contribution in [0.25, 0.3) is 11.1 Å². The molecule has 4 rings (SSSR count). The zero-order valence-corrected chi connectivity index (χ0v) is 23.5. The lowest BCUT2D eigenvalue weighted by atomic mass is 9.80. The summed E-state index contributed by atoms with van der Waals surface area (Å²) in [5.41, 5.74) is 2.96. The Morgan fingerprint density at radius 3 is 2.38 bits per heavy atom. The maximum atomic E-state index is 14.8. The van der Waals surface area contributed by atoms with Gasteiger partial charge in [0.05, 0.1) is 19.6 Å². The van der Waals surface area contributed by atoms with Crippen molar-refractivity contribution in [2.24, 2.45) is 17.3 Å². The molecule has 0 bridgehead atoms. The molecule has 1 fully saturated rings. The Balaban J connectivity index is 1.58. The highest BCUT2D eigenvalue weighted by Crippen LogP contribution is 2.48. The number of carbonyl (C=O) groups is 1. The summed E-state index contributed by atoms with van der Waals surface area (Å²) in [7, 11) is 1.55. The molecule has 5 nitrogen and oxygen atoms in total. The van der Waals surface area contributed by atoms with Crippen molar-refractivity contribution < 1.29 is 28.5 Å². The highest BCUT2D eigenvalue weighted by Gasteiger charge is 2.40. The number of aliphatic carboxylic acids is 1. The molecule has 1 aliphatic rings. The second-order valence-electron chi connectivity index (χ2n) is 11.6. The molecule has 0 saturated heterocycles. The van der Waals surface area contributed by atoms with E-state index in [0.29, 0.717) is 53.9 Å². The van der Waals surface area contributed by atoms with Crippen LogP contribution < -0.4 is 14.2 Å². The standard InChI is InChI=1S/C33H39FO5/c1-6-26(32(35)36)31(22-10-11-22)23-9-7-8-21(16-23)19-38-25-12-14-27(30(18-25)39-20-33(2,3)4)28-17-24(37-5)13-15-29(28)34/h7-9,12-18,22,26,31H,6,10-11,19-20H2,1-5H3,(H,35,36). The SMILES string of the molecule is CCC(C(=O)O)C(c1cccc(COc2ccc(-c3cc(OC)ccc3F)c(OCC(C)(C)C)c2)c1)C1CC1. The van der Waals surface area contributed by atoms with Crippen LogP contribution in [0, 0.1) is 23.1 Å². The fourth-order valence-corrected chi connectivity index (χ4v) is 4.99. The lowest BCUT2D eigenvalue weighted by Gasteiger charge is -2.24. The van der Waals surface area contributed by atoms with Crippen molar-refractivity contribution in [1.82, 2.24) is 0 Å². The van der Waals surface area contributed by atoms with Crippen molar-refractivity contribution in [2.45, 2.75) is 59.5 Å². The average Bonchev–Trinajstić information content (AvgIpc) is 3.74. The molecule has 3 aromatic carbocycles. The Kier molecular flexibility index (Phi) is 8.83. The van der Waals surface area contributed by atoms with Crippen molar-refractivity contribution in [2.75, 3.05) is 13.7 Å². The van der Waals surface area contributed by atoms with E-state index in [0.717, 1.165) is 24.0 Å². The summed E-state index contributed by atoms with van der Waals surface area (Å²) in [5.74, 6) is 0.657. The van der Waals surface area contributed by atoms with Crippen LogP contribution in [0.2, 0.25) is 0 Å². The molecule has 2 atom stereocenters. The van der Waals surface area contributed by atoms with Crippen LogP contribution in [-0.4, -0.2) is 24.8 Å². The van der Waals surface area contributed by atoms with E-state index in [1.165, 1.54) is 6.07 Å². The monoisotopic (exact) mass is 534 g/mol. The first-order valence-electron chi connectivity index (χ1n) is 13.6. The smallest absolute Gasteiger partial charge is 0.307 e. The quantitative estimate of drug-likeness (QED) is 0.254. The van der Waals surface area contributed by atoms with E-state index in [4.69, 9.17) is 14.2 Å². The van der Waals surface area contributed by atoms with Gasteiger partial charge in [-0.25, -0.2) is 4.39 Å². The molecule has 39 heavy (non-hydrogen) atoms. The number of halogens is 1. The van der Waals surface area contributed by atoms with E-state index in [1.54, 1.807) is 25.3 Å². The average molecular weight is 535 g/mol. The van der Waals surface area contributed by atoms with Gasteiger partial charge in [-0.05, 0) is 78.0 Å². The molecule has 1 aliphatic carbocycles. The zero-order chi connectivity index (χ0) is 28.2. The Hall–Kier alpha value is -3.54. The summed E-state index contributed by atoms with van der Waals surface area (Å²) in [6, 6.07) is 18.1. The molecule has 3 aromatic rings. The number of hydrogen-bond acceptors (Lipinski definition) is 4. The molecule has 0 spiro atoms. The normalized spacial score (nSPS) is 14.9. The fourth-order valence-electron chi connectivity index (χ4n) is 4.99. The first-order chi connectivity index (χ1) is 18.6. The van der Waals surface area contributed by atoms with Gasteiger partial charge in [0.1, 0.15) is 29.7 Å². The lowest BCUT2D eigenvalue weighted by molar-refractivity contribution is -0.142. The summed E-state index contributed by atoms with van der Waals surface area (Å²) < 4.78 is 32.5. The molecular weight excluding hydrogens is 495 g/mol. The second-order valence-corrected chi connectivity index (χ2v) is 11.6. The Morgan fingerprint density at radius 2 is 1.74 bits per heavy atom. The van der Waals surface area contributed by atoms with Crippen LogP contribution in [0.5, 0.6) is 17.2 Å². The maximum absolute atomic E-state index is 14.8. The third-order valence-corrected chi connectivity index (χ3v) is 7.14. The van der Waals surface area contributed by atoms with Gasteiger partial charge in [0.15, 0.2) is 0 Å². The van der Waals surface area contributed by atoms with Gasteiger partial charge in [0.25, 0.3) is 0 Å². The first-order valence-corrected chi connectivity index (χ1v) is 13.6. The zero-order valence-electron chi connectivity index (χ0n) is 23.5. The van der Waals surface area contributed by atoms with Crippen LogP contribution in [-0.2, 0) is 11.4 Å². The maximum Gasteiger partial charge on any atom is 0.307 e. The van der Waals surface area contributed by atoms with Crippen LogP contribution in [0.3, 0.4) is 0 Å². The number of methoxy groups -OCH3 is 1. The van der Waals surface area contributed by atoms with E-state index < -0.39 is 5.97 Å². The Morgan fingerprint density at radius 1 is 1.00 bits per heavy atom. The molecule has 1 saturated carbocycles. The van der Waals surface area contributed by atoms with Crippen LogP contribution in [0.15, 0.2) is 60.7 Å². The van der Waals surface area contributed by atoms with Gasteiger partial charge in [0.2, 0.25) is 0 Å². The van der Waals surface area contributed by atoms with Crippen molar-refractivity contribution in [3.8, 4) is 28.4 Å². The molecule has 0 aromatic heterocycles. The Labute approximate surface area is 230 Å². The highest BCUT2D eigenvalue weighted by atomic mass is 19.1. The van der Waals surface area contributed by atoms with Crippen LogP contribution >= 0.6 is 0 Å². The number of ether oxygens (including phenoxy) is 3. The molecule has 0 aliphatic heterocycles. The largest absolute Gasteiger partial charge is 0.497 e. The minimum Gasteiger partial charge on any atom is -0.497 e.